The Morgan fingerprint density at radius 3 is 2.75 bits per heavy atom. The van der Waals surface area contributed by atoms with Crippen molar-refractivity contribution in [3.05, 3.63) is 59.6 Å². The first-order valence-corrected chi connectivity index (χ1v) is 7.69. The molecule has 0 unspecified atom stereocenters. The van der Waals surface area contributed by atoms with Crippen LogP contribution in [0.5, 0.6) is 5.75 Å². The SMILES string of the molecule is CC=N/C(=C\C)COc1ccc(-c2cccnc2C)cc1C(N)=O. The van der Waals surface area contributed by atoms with Crippen LogP contribution in [0.1, 0.15) is 29.9 Å². The van der Waals surface area contributed by atoms with Gasteiger partial charge in [-0.3, -0.25) is 14.8 Å². The number of aliphatic imine (C=N–C) groups is 1. The quantitative estimate of drug-likeness (QED) is 0.826. The molecular formula is C19H21N3O2. The number of amides is 1. The summed E-state index contributed by atoms with van der Waals surface area (Å²) in [5.41, 5.74) is 9.35. The van der Waals surface area contributed by atoms with E-state index in [0.717, 1.165) is 22.5 Å². The van der Waals surface area contributed by atoms with Crippen molar-refractivity contribution in [2.75, 3.05) is 6.61 Å². The van der Waals surface area contributed by atoms with E-state index >= 15 is 0 Å². The van der Waals surface area contributed by atoms with Gasteiger partial charge in [0.05, 0.1) is 11.3 Å². The minimum atomic E-state index is -0.533. The summed E-state index contributed by atoms with van der Waals surface area (Å²) in [6.45, 7) is 5.91. The summed E-state index contributed by atoms with van der Waals surface area (Å²) in [5, 5.41) is 0. The number of rotatable bonds is 6. The van der Waals surface area contributed by atoms with Crippen LogP contribution in [0.4, 0.5) is 0 Å². The van der Waals surface area contributed by atoms with Gasteiger partial charge in [-0.25, -0.2) is 0 Å². The number of carbonyl (C=O) groups excluding carboxylic acids is 1. The van der Waals surface area contributed by atoms with E-state index in [1.165, 1.54) is 0 Å². The highest BCUT2D eigenvalue weighted by molar-refractivity contribution is 5.97. The molecule has 124 valence electrons. The van der Waals surface area contributed by atoms with Crippen LogP contribution in [0.15, 0.2) is 53.3 Å². The number of nitrogens with zero attached hydrogens (tertiary/aromatic N) is 2. The maximum Gasteiger partial charge on any atom is 0.252 e. The Kier molecular flexibility index (Phi) is 5.84. The normalized spacial score (nSPS) is 11.7. The van der Waals surface area contributed by atoms with Crippen molar-refractivity contribution in [1.82, 2.24) is 4.98 Å². The molecule has 0 saturated heterocycles. The Bertz CT molecular complexity index is 795. The van der Waals surface area contributed by atoms with Gasteiger partial charge in [-0.2, -0.15) is 0 Å². The predicted molar refractivity (Wildman–Crippen MR) is 96.3 cm³/mol. The highest BCUT2D eigenvalue weighted by atomic mass is 16.5. The van der Waals surface area contributed by atoms with Crippen molar-refractivity contribution in [3.63, 3.8) is 0 Å². The molecule has 0 aliphatic carbocycles. The van der Waals surface area contributed by atoms with Crippen molar-refractivity contribution in [1.29, 1.82) is 0 Å². The second kappa shape index (κ2) is 8.06. The maximum absolute atomic E-state index is 11.8. The van der Waals surface area contributed by atoms with Crippen LogP contribution < -0.4 is 10.5 Å². The Labute approximate surface area is 141 Å². The Morgan fingerprint density at radius 1 is 1.33 bits per heavy atom. The molecule has 2 aromatic rings. The molecule has 1 amide bonds. The van der Waals surface area contributed by atoms with Gasteiger partial charge in [0.25, 0.3) is 5.91 Å². The summed E-state index contributed by atoms with van der Waals surface area (Å²) in [6.07, 6.45) is 5.29. The number of nitrogens with two attached hydrogens (primary N) is 1. The van der Waals surface area contributed by atoms with Crippen molar-refractivity contribution in [2.45, 2.75) is 20.8 Å². The molecular weight excluding hydrogens is 302 g/mol. The Morgan fingerprint density at radius 2 is 2.12 bits per heavy atom. The summed E-state index contributed by atoms with van der Waals surface area (Å²) in [4.78, 5) is 20.3. The van der Waals surface area contributed by atoms with E-state index in [1.54, 1.807) is 24.5 Å². The number of allylic oxidation sites excluding steroid dienone is 1. The topological polar surface area (TPSA) is 77.6 Å². The molecule has 0 spiro atoms. The van der Waals surface area contributed by atoms with E-state index in [-0.39, 0.29) is 6.61 Å². The molecule has 0 fully saturated rings. The van der Waals surface area contributed by atoms with Crippen LogP contribution >= 0.6 is 0 Å². The minimum Gasteiger partial charge on any atom is -0.486 e. The molecule has 2 rings (SSSR count). The monoisotopic (exact) mass is 323 g/mol. The van der Waals surface area contributed by atoms with Crippen molar-refractivity contribution < 1.29 is 9.53 Å². The number of primary amides is 1. The highest BCUT2D eigenvalue weighted by Crippen LogP contribution is 2.28. The van der Waals surface area contributed by atoms with Gasteiger partial charge in [0.1, 0.15) is 12.4 Å². The zero-order chi connectivity index (χ0) is 17.5. The Balaban J connectivity index is 2.34. The van der Waals surface area contributed by atoms with Gasteiger partial charge >= 0.3 is 0 Å². The molecule has 1 aromatic carbocycles. The number of hydrogen-bond acceptors (Lipinski definition) is 4. The van der Waals surface area contributed by atoms with E-state index in [1.807, 2.05) is 45.0 Å². The van der Waals surface area contributed by atoms with Crippen LogP contribution in [0.25, 0.3) is 11.1 Å². The lowest BCUT2D eigenvalue weighted by molar-refractivity contribution is 0.0997. The van der Waals surface area contributed by atoms with Gasteiger partial charge in [0.15, 0.2) is 0 Å². The fraction of sp³-hybridized carbons (Fsp3) is 0.211. The number of carbonyl (C=O) groups is 1. The average Bonchev–Trinajstić information content (AvgIpc) is 2.59. The number of aromatic nitrogens is 1. The van der Waals surface area contributed by atoms with Crippen molar-refractivity contribution in [2.24, 2.45) is 10.7 Å². The second-order valence-corrected chi connectivity index (χ2v) is 5.17. The number of ether oxygens (including phenoxy) is 1. The first-order chi connectivity index (χ1) is 11.6. The van der Waals surface area contributed by atoms with Gasteiger partial charge in [0.2, 0.25) is 0 Å². The molecule has 0 bridgehead atoms. The van der Waals surface area contributed by atoms with Crippen LogP contribution in [0.3, 0.4) is 0 Å². The molecule has 1 heterocycles. The van der Waals surface area contributed by atoms with Crippen LogP contribution in [0, 0.1) is 6.92 Å². The third-order valence-electron chi connectivity index (χ3n) is 3.57. The van der Waals surface area contributed by atoms with Crippen LogP contribution in [-0.4, -0.2) is 23.7 Å². The summed E-state index contributed by atoms with van der Waals surface area (Å²) in [5.74, 6) is -0.0899. The number of hydrogen-bond donors (Lipinski definition) is 1. The molecule has 5 heteroatoms. The molecule has 0 radical (unpaired) electrons. The fourth-order valence-electron chi connectivity index (χ4n) is 2.32. The third kappa shape index (κ3) is 4.07. The lowest BCUT2D eigenvalue weighted by Gasteiger charge is -2.12. The predicted octanol–water partition coefficient (Wildman–Crippen LogP) is 3.53. The molecule has 1 aromatic heterocycles. The highest BCUT2D eigenvalue weighted by Gasteiger charge is 2.13. The average molecular weight is 323 g/mol. The molecule has 24 heavy (non-hydrogen) atoms. The largest absolute Gasteiger partial charge is 0.486 e. The molecule has 0 atom stereocenters. The van der Waals surface area contributed by atoms with E-state index < -0.39 is 5.91 Å². The van der Waals surface area contributed by atoms with Gasteiger partial charge in [-0.1, -0.05) is 18.2 Å². The first kappa shape index (κ1) is 17.4. The van der Waals surface area contributed by atoms with E-state index in [2.05, 4.69) is 9.98 Å². The number of aryl methyl sites for hydroxylation is 1. The summed E-state index contributed by atoms with van der Waals surface area (Å²) in [6, 6.07) is 9.20. The zero-order valence-corrected chi connectivity index (χ0v) is 14.1. The zero-order valence-electron chi connectivity index (χ0n) is 14.1. The molecule has 2 N–H and O–H groups in total. The fourth-order valence-corrected chi connectivity index (χ4v) is 2.32. The van der Waals surface area contributed by atoms with E-state index in [0.29, 0.717) is 11.3 Å². The van der Waals surface area contributed by atoms with Gasteiger partial charge < -0.3 is 10.5 Å². The smallest absolute Gasteiger partial charge is 0.252 e. The van der Waals surface area contributed by atoms with Gasteiger partial charge in [-0.15, -0.1) is 0 Å². The lowest BCUT2D eigenvalue weighted by atomic mass is 10.0. The number of pyridine rings is 1. The number of benzene rings is 1. The molecule has 0 saturated carbocycles. The van der Waals surface area contributed by atoms with E-state index in [4.69, 9.17) is 10.5 Å². The van der Waals surface area contributed by atoms with Crippen molar-refractivity contribution in [3.8, 4) is 16.9 Å². The van der Waals surface area contributed by atoms with E-state index in [9.17, 15) is 4.79 Å². The minimum absolute atomic E-state index is 0.270. The third-order valence-corrected chi connectivity index (χ3v) is 3.57. The van der Waals surface area contributed by atoms with Gasteiger partial charge in [-0.05, 0) is 44.5 Å². The molecule has 0 aliphatic rings. The summed E-state index contributed by atoms with van der Waals surface area (Å²) in [7, 11) is 0. The standard InChI is InChI=1S/C19H21N3O2/c1-4-15(21-5-2)12-24-18-9-8-14(11-17(18)19(20)23)16-7-6-10-22-13(16)3/h4-11H,12H2,1-3H3,(H2,20,23)/b15-4-,21-5?. The van der Waals surface area contributed by atoms with Crippen molar-refractivity contribution >= 4 is 12.1 Å². The maximum atomic E-state index is 11.8. The first-order valence-electron chi connectivity index (χ1n) is 7.69. The van der Waals surface area contributed by atoms with Crippen LogP contribution in [0.2, 0.25) is 0 Å². The summed E-state index contributed by atoms with van der Waals surface area (Å²) < 4.78 is 5.73. The van der Waals surface area contributed by atoms with Gasteiger partial charge in [0, 0.05) is 23.7 Å². The lowest BCUT2D eigenvalue weighted by Crippen LogP contribution is -2.14. The Hall–Kier alpha value is -2.95. The van der Waals surface area contributed by atoms with Crippen LogP contribution in [-0.2, 0) is 0 Å². The summed E-state index contributed by atoms with van der Waals surface area (Å²) >= 11 is 0. The molecule has 5 nitrogen and oxygen atoms in total. The second-order valence-electron chi connectivity index (χ2n) is 5.17. The molecule has 0 aliphatic heterocycles.